The number of aliphatic carboxylic acids is 1. The molecule has 2 aromatic carbocycles. The highest BCUT2D eigenvalue weighted by atomic mass is 127. The molecule has 3 aromatic rings. The Bertz CT molecular complexity index is 1160. The van der Waals surface area contributed by atoms with Crippen LogP contribution in [0.5, 0.6) is 23.0 Å². The van der Waals surface area contributed by atoms with Gasteiger partial charge in [-0.2, -0.15) is 0 Å². The second-order valence-electron chi connectivity index (χ2n) is 6.17. The normalized spacial score (nSPS) is 12.9. The van der Waals surface area contributed by atoms with Crippen molar-refractivity contribution in [1.29, 1.82) is 0 Å². The predicted octanol–water partition coefficient (Wildman–Crippen LogP) is 4.21. The van der Waals surface area contributed by atoms with Gasteiger partial charge in [0, 0.05) is 26.8 Å². The number of carboxylic acids is 1. The fraction of sp³-hybridized carbons (Fsp3) is 0.143. The molecular weight excluding hydrogens is 489 g/mol. The number of carboxylic acid groups (broad SMARTS) is 1. The van der Waals surface area contributed by atoms with Gasteiger partial charge in [0.2, 0.25) is 6.79 Å². The zero-order chi connectivity index (χ0) is 20.5. The summed E-state index contributed by atoms with van der Waals surface area (Å²) in [5.41, 5.74) is 1.99. The molecule has 1 aliphatic rings. The van der Waals surface area contributed by atoms with Crippen LogP contribution in [0.3, 0.4) is 0 Å². The maximum atomic E-state index is 12.2. The van der Waals surface area contributed by atoms with Gasteiger partial charge < -0.3 is 24.1 Å². The first-order valence-electron chi connectivity index (χ1n) is 8.57. The Balaban J connectivity index is 1.91. The van der Waals surface area contributed by atoms with Gasteiger partial charge in [0.15, 0.2) is 23.0 Å². The maximum Gasteiger partial charge on any atom is 0.336 e. The minimum atomic E-state index is -1.05. The van der Waals surface area contributed by atoms with Crippen molar-refractivity contribution in [3.8, 4) is 23.0 Å². The molecule has 0 spiro atoms. The van der Waals surface area contributed by atoms with E-state index in [9.17, 15) is 9.90 Å². The van der Waals surface area contributed by atoms with E-state index in [1.807, 2.05) is 0 Å². The summed E-state index contributed by atoms with van der Waals surface area (Å²) in [7, 11) is 3.09. The number of pyridine rings is 1. The second kappa shape index (κ2) is 7.78. The quantitative estimate of drug-likeness (QED) is 0.411. The molecule has 0 fully saturated rings. The number of benzene rings is 2. The van der Waals surface area contributed by atoms with E-state index in [0.717, 1.165) is 3.57 Å². The van der Waals surface area contributed by atoms with Gasteiger partial charge in [-0.25, -0.2) is 4.79 Å². The number of rotatable bonds is 5. The van der Waals surface area contributed by atoms with Gasteiger partial charge in [-0.1, -0.05) is 0 Å². The molecule has 0 unspecified atom stereocenters. The summed E-state index contributed by atoms with van der Waals surface area (Å²) in [4.78, 5) is 16.5. The van der Waals surface area contributed by atoms with Crippen LogP contribution in [0.1, 0.15) is 11.1 Å². The number of methoxy groups -OCH3 is 2. The van der Waals surface area contributed by atoms with Crippen LogP contribution in [0.2, 0.25) is 0 Å². The Labute approximate surface area is 180 Å². The lowest BCUT2D eigenvalue weighted by Gasteiger charge is -2.12. The number of carbonyl (C=O) groups is 1. The second-order valence-corrected chi connectivity index (χ2v) is 7.34. The minimum absolute atomic E-state index is 0.126. The monoisotopic (exact) mass is 505 g/mol. The van der Waals surface area contributed by atoms with Crippen molar-refractivity contribution in [2.24, 2.45) is 0 Å². The molecule has 8 heteroatoms. The van der Waals surface area contributed by atoms with Crippen LogP contribution in [-0.4, -0.2) is 37.1 Å². The standard InChI is InChI=1S/C21H16INO6/c1-26-17-6-11(15(22)8-18(17)27-2)5-14(21(24)25)12-3-4-23-16-9-20-19(7-13(12)16)28-10-29-20/h3-9H,10H2,1-2H3,(H,24,25)/b14-5+. The lowest BCUT2D eigenvalue weighted by atomic mass is 9.98. The molecule has 1 aromatic heterocycles. The molecule has 1 N–H and O–H groups in total. The van der Waals surface area contributed by atoms with Crippen LogP contribution < -0.4 is 18.9 Å². The van der Waals surface area contributed by atoms with E-state index in [-0.39, 0.29) is 12.4 Å². The summed E-state index contributed by atoms with van der Waals surface area (Å²) in [6.07, 6.45) is 3.20. The van der Waals surface area contributed by atoms with Crippen molar-refractivity contribution in [2.75, 3.05) is 21.0 Å². The van der Waals surface area contributed by atoms with Crippen LogP contribution in [0.4, 0.5) is 0 Å². The lowest BCUT2D eigenvalue weighted by Crippen LogP contribution is -2.02. The average Bonchev–Trinajstić information content (AvgIpc) is 3.17. The molecule has 0 bridgehead atoms. The third kappa shape index (κ3) is 3.55. The van der Waals surface area contributed by atoms with E-state index in [2.05, 4.69) is 27.6 Å². The Kier molecular flexibility index (Phi) is 5.18. The van der Waals surface area contributed by atoms with Gasteiger partial charge in [-0.15, -0.1) is 0 Å². The summed E-state index contributed by atoms with van der Waals surface area (Å²) >= 11 is 2.14. The summed E-state index contributed by atoms with van der Waals surface area (Å²) in [6.45, 7) is 0.131. The molecule has 0 amide bonds. The molecule has 0 saturated heterocycles. The minimum Gasteiger partial charge on any atom is -0.493 e. The van der Waals surface area contributed by atoms with Crippen LogP contribution in [0.25, 0.3) is 22.6 Å². The molecule has 7 nitrogen and oxygen atoms in total. The number of fused-ring (bicyclic) bond motifs is 2. The van der Waals surface area contributed by atoms with Crippen LogP contribution in [-0.2, 0) is 4.79 Å². The van der Waals surface area contributed by atoms with E-state index in [1.54, 1.807) is 49.7 Å². The molecule has 148 valence electrons. The fourth-order valence-electron chi connectivity index (χ4n) is 3.16. The van der Waals surface area contributed by atoms with E-state index < -0.39 is 5.97 Å². The number of nitrogens with zero attached hydrogens (tertiary/aromatic N) is 1. The topological polar surface area (TPSA) is 87.1 Å². The first-order valence-corrected chi connectivity index (χ1v) is 9.65. The summed E-state index contributed by atoms with van der Waals surface area (Å²) in [5, 5.41) is 10.6. The van der Waals surface area contributed by atoms with Gasteiger partial charge in [0.05, 0.1) is 25.3 Å². The van der Waals surface area contributed by atoms with Crippen molar-refractivity contribution in [3.05, 3.63) is 51.2 Å². The predicted molar refractivity (Wildman–Crippen MR) is 116 cm³/mol. The van der Waals surface area contributed by atoms with Crippen LogP contribution in [0.15, 0.2) is 36.5 Å². The SMILES string of the molecule is COc1cc(I)c(/C=C(/C(=O)O)c2ccnc3cc4c(cc23)OCO4)cc1OC. The number of aromatic nitrogens is 1. The van der Waals surface area contributed by atoms with Gasteiger partial charge in [-0.05, 0) is 58.5 Å². The molecule has 29 heavy (non-hydrogen) atoms. The van der Waals surface area contributed by atoms with Crippen molar-refractivity contribution in [3.63, 3.8) is 0 Å². The van der Waals surface area contributed by atoms with Gasteiger partial charge in [0.1, 0.15) is 0 Å². The van der Waals surface area contributed by atoms with Gasteiger partial charge in [-0.3, -0.25) is 4.98 Å². The van der Waals surface area contributed by atoms with E-state index in [4.69, 9.17) is 18.9 Å². The largest absolute Gasteiger partial charge is 0.493 e. The van der Waals surface area contributed by atoms with E-state index in [1.165, 1.54) is 7.11 Å². The lowest BCUT2D eigenvalue weighted by molar-refractivity contribution is -0.130. The molecule has 0 atom stereocenters. The Morgan fingerprint density at radius 1 is 1.14 bits per heavy atom. The van der Waals surface area contributed by atoms with Crippen LogP contribution in [0, 0.1) is 3.57 Å². The van der Waals surface area contributed by atoms with Crippen molar-refractivity contribution < 1.29 is 28.8 Å². The van der Waals surface area contributed by atoms with Crippen LogP contribution >= 0.6 is 22.6 Å². The number of ether oxygens (including phenoxy) is 4. The third-order valence-corrected chi connectivity index (χ3v) is 5.49. The Morgan fingerprint density at radius 2 is 1.83 bits per heavy atom. The fourth-order valence-corrected chi connectivity index (χ4v) is 3.76. The average molecular weight is 505 g/mol. The van der Waals surface area contributed by atoms with Crippen molar-refractivity contribution in [1.82, 2.24) is 4.98 Å². The highest BCUT2D eigenvalue weighted by Crippen LogP contribution is 2.39. The zero-order valence-electron chi connectivity index (χ0n) is 15.6. The third-order valence-electron chi connectivity index (χ3n) is 4.56. The smallest absolute Gasteiger partial charge is 0.336 e. The first-order chi connectivity index (χ1) is 14.0. The van der Waals surface area contributed by atoms with E-state index in [0.29, 0.717) is 45.0 Å². The molecule has 2 heterocycles. The number of halogens is 1. The van der Waals surface area contributed by atoms with Crippen molar-refractivity contribution in [2.45, 2.75) is 0 Å². The number of hydrogen-bond acceptors (Lipinski definition) is 6. The van der Waals surface area contributed by atoms with Crippen molar-refractivity contribution >= 4 is 51.1 Å². The molecule has 1 aliphatic heterocycles. The maximum absolute atomic E-state index is 12.2. The van der Waals surface area contributed by atoms with Gasteiger partial charge in [0.25, 0.3) is 0 Å². The number of hydrogen-bond donors (Lipinski definition) is 1. The summed E-state index contributed by atoms with van der Waals surface area (Å²) < 4.78 is 22.3. The zero-order valence-corrected chi connectivity index (χ0v) is 17.7. The summed E-state index contributed by atoms with van der Waals surface area (Å²) in [5.74, 6) is 1.20. The molecular formula is C21H16INO6. The summed E-state index contributed by atoms with van der Waals surface area (Å²) in [6, 6.07) is 8.74. The Hall–Kier alpha value is -3.01. The molecule has 0 saturated carbocycles. The highest BCUT2D eigenvalue weighted by molar-refractivity contribution is 14.1. The highest BCUT2D eigenvalue weighted by Gasteiger charge is 2.20. The molecule has 0 aliphatic carbocycles. The Morgan fingerprint density at radius 3 is 2.52 bits per heavy atom. The van der Waals surface area contributed by atoms with E-state index >= 15 is 0 Å². The van der Waals surface area contributed by atoms with Gasteiger partial charge >= 0.3 is 5.97 Å². The molecule has 0 radical (unpaired) electrons. The molecule has 4 rings (SSSR count). The first kappa shape index (κ1) is 19.3.